The molecule has 7 heteroatoms. The van der Waals surface area contributed by atoms with E-state index in [0.717, 1.165) is 22.9 Å². The molecule has 0 aliphatic rings. The van der Waals surface area contributed by atoms with Crippen LogP contribution in [-0.2, 0) is 13.0 Å². The second kappa shape index (κ2) is 8.53. The van der Waals surface area contributed by atoms with E-state index in [4.69, 9.17) is 0 Å². The summed E-state index contributed by atoms with van der Waals surface area (Å²) in [5.74, 6) is -0.666. The first kappa shape index (κ1) is 18.7. The first-order valence-corrected chi connectivity index (χ1v) is 8.82. The van der Waals surface area contributed by atoms with Crippen molar-refractivity contribution in [2.24, 2.45) is 4.99 Å². The highest BCUT2D eigenvalue weighted by Gasteiger charge is 2.06. The van der Waals surface area contributed by atoms with Crippen molar-refractivity contribution in [2.45, 2.75) is 19.9 Å². The lowest BCUT2D eigenvalue weighted by Gasteiger charge is -2.11. The minimum atomic E-state index is -0.656. The van der Waals surface area contributed by atoms with Crippen LogP contribution in [0.4, 0.5) is 8.78 Å². The van der Waals surface area contributed by atoms with Crippen LogP contribution in [0, 0.1) is 11.6 Å². The smallest absolute Gasteiger partial charge is 0.191 e. The number of aromatic amines is 1. The van der Waals surface area contributed by atoms with Crippen LogP contribution in [0.3, 0.4) is 0 Å². The molecular weight excluding hydrogens is 350 g/mol. The lowest BCUT2D eigenvalue weighted by Crippen LogP contribution is -2.38. The van der Waals surface area contributed by atoms with Crippen molar-refractivity contribution in [3.8, 4) is 5.75 Å². The predicted octanol–water partition coefficient (Wildman–Crippen LogP) is 3.45. The highest BCUT2D eigenvalue weighted by atomic mass is 19.1. The van der Waals surface area contributed by atoms with Gasteiger partial charge >= 0.3 is 0 Å². The van der Waals surface area contributed by atoms with Crippen molar-refractivity contribution in [1.82, 2.24) is 15.6 Å². The van der Waals surface area contributed by atoms with E-state index in [-0.39, 0.29) is 11.6 Å². The first-order chi connectivity index (χ1) is 13.1. The van der Waals surface area contributed by atoms with E-state index >= 15 is 0 Å². The minimum Gasteiger partial charge on any atom is -0.505 e. The molecule has 0 fully saturated rings. The van der Waals surface area contributed by atoms with Gasteiger partial charge in [0.15, 0.2) is 17.5 Å². The summed E-state index contributed by atoms with van der Waals surface area (Å²) in [4.78, 5) is 7.52. The summed E-state index contributed by atoms with van der Waals surface area (Å²) in [6.07, 6.45) is 2.62. The number of nitrogens with one attached hydrogen (secondary N) is 3. The lowest BCUT2D eigenvalue weighted by atomic mass is 10.1. The van der Waals surface area contributed by atoms with Crippen molar-refractivity contribution < 1.29 is 13.9 Å². The second-order valence-corrected chi connectivity index (χ2v) is 6.16. The Labute approximate surface area is 156 Å². The fourth-order valence-electron chi connectivity index (χ4n) is 2.84. The van der Waals surface area contributed by atoms with Crippen LogP contribution in [-0.4, -0.2) is 29.1 Å². The van der Waals surface area contributed by atoms with Gasteiger partial charge < -0.3 is 20.7 Å². The number of nitrogens with zero attached hydrogens (tertiary/aromatic N) is 1. The maximum Gasteiger partial charge on any atom is 0.191 e. The monoisotopic (exact) mass is 372 g/mol. The fourth-order valence-corrected chi connectivity index (χ4v) is 2.84. The van der Waals surface area contributed by atoms with Gasteiger partial charge in [0.05, 0.1) is 6.54 Å². The Kier molecular flexibility index (Phi) is 5.90. The number of hydrogen-bond acceptors (Lipinski definition) is 2. The Balaban J connectivity index is 1.61. The molecule has 0 spiro atoms. The molecule has 5 nitrogen and oxygen atoms in total. The SMILES string of the molecule is CCNC(=NCc1ccc(O)c(F)c1)NCCc1c[nH]c2cc(F)ccc12. The molecule has 3 aromatic rings. The predicted molar refractivity (Wildman–Crippen MR) is 103 cm³/mol. The number of guanidine groups is 1. The van der Waals surface area contributed by atoms with Gasteiger partial charge in [-0.1, -0.05) is 6.07 Å². The molecule has 0 bridgehead atoms. The number of hydrogen-bond donors (Lipinski definition) is 4. The average Bonchev–Trinajstić information content (AvgIpc) is 3.04. The topological polar surface area (TPSA) is 72.4 Å². The number of phenolic OH excluding ortho intramolecular Hbond substituents is 1. The van der Waals surface area contributed by atoms with Crippen molar-refractivity contribution in [3.05, 3.63) is 65.4 Å². The zero-order chi connectivity index (χ0) is 19.2. The third-order valence-electron chi connectivity index (χ3n) is 4.19. The largest absolute Gasteiger partial charge is 0.505 e. The number of benzene rings is 2. The van der Waals surface area contributed by atoms with E-state index in [1.807, 2.05) is 13.1 Å². The van der Waals surface area contributed by atoms with Crippen molar-refractivity contribution >= 4 is 16.9 Å². The van der Waals surface area contributed by atoms with Gasteiger partial charge in [-0.05, 0) is 54.8 Å². The summed E-state index contributed by atoms with van der Waals surface area (Å²) < 4.78 is 26.7. The zero-order valence-electron chi connectivity index (χ0n) is 15.0. The molecule has 0 atom stereocenters. The fraction of sp³-hybridized carbons (Fsp3) is 0.250. The van der Waals surface area contributed by atoms with Gasteiger partial charge in [-0.3, -0.25) is 0 Å². The third kappa shape index (κ3) is 4.75. The Morgan fingerprint density at radius 1 is 1.15 bits per heavy atom. The molecule has 2 aromatic carbocycles. The number of H-pyrrole nitrogens is 1. The molecule has 0 saturated carbocycles. The van der Waals surface area contributed by atoms with E-state index in [1.54, 1.807) is 12.1 Å². The molecule has 27 heavy (non-hydrogen) atoms. The van der Waals surface area contributed by atoms with Crippen LogP contribution in [0.5, 0.6) is 5.75 Å². The normalized spacial score (nSPS) is 11.7. The van der Waals surface area contributed by atoms with E-state index in [1.165, 1.54) is 24.3 Å². The summed E-state index contributed by atoms with van der Waals surface area (Å²) in [5.41, 5.74) is 2.54. The Morgan fingerprint density at radius 2 is 2.00 bits per heavy atom. The van der Waals surface area contributed by atoms with E-state index in [9.17, 15) is 13.9 Å². The highest BCUT2D eigenvalue weighted by Crippen LogP contribution is 2.19. The summed E-state index contributed by atoms with van der Waals surface area (Å²) in [6, 6.07) is 8.93. The number of aromatic nitrogens is 1. The molecule has 0 unspecified atom stereocenters. The summed E-state index contributed by atoms with van der Waals surface area (Å²) in [7, 11) is 0. The molecule has 0 amide bonds. The Morgan fingerprint density at radius 3 is 2.78 bits per heavy atom. The lowest BCUT2D eigenvalue weighted by molar-refractivity contribution is 0.432. The summed E-state index contributed by atoms with van der Waals surface area (Å²) >= 11 is 0. The molecule has 3 rings (SSSR count). The van der Waals surface area contributed by atoms with Crippen LogP contribution >= 0.6 is 0 Å². The van der Waals surface area contributed by atoms with Crippen molar-refractivity contribution in [2.75, 3.05) is 13.1 Å². The van der Waals surface area contributed by atoms with Gasteiger partial charge in [-0.2, -0.15) is 0 Å². The molecule has 0 saturated heterocycles. The van der Waals surface area contributed by atoms with Crippen LogP contribution in [0.1, 0.15) is 18.1 Å². The quantitative estimate of drug-likeness (QED) is 0.396. The van der Waals surface area contributed by atoms with Crippen molar-refractivity contribution in [1.29, 1.82) is 0 Å². The summed E-state index contributed by atoms with van der Waals surface area (Å²) in [5, 5.41) is 16.6. The van der Waals surface area contributed by atoms with Gasteiger partial charge in [0.2, 0.25) is 0 Å². The molecule has 1 heterocycles. The van der Waals surface area contributed by atoms with E-state index in [2.05, 4.69) is 20.6 Å². The van der Waals surface area contributed by atoms with Gasteiger partial charge in [0, 0.05) is 30.2 Å². The van der Waals surface area contributed by atoms with Gasteiger partial charge in [-0.15, -0.1) is 0 Å². The Hall–Kier alpha value is -3.09. The maximum absolute atomic E-state index is 13.4. The number of fused-ring (bicyclic) bond motifs is 1. The van der Waals surface area contributed by atoms with Gasteiger partial charge in [0.25, 0.3) is 0 Å². The molecule has 0 radical (unpaired) electrons. The highest BCUT2D eigenvalue weighted by molar-refractivity contribution is 5.83. The second-order valence-electron chi connectivity index (χ2n) is 6.16. The standard InChI is InChI=1S/C20H22F2N4O/c1-2-23-20(26-11-13-3-6-19(27)17(22)9-13)24-8-7-14-12-25-18-10-15(21)4-5-16(14)18/h3-6,9-10,12,25,27H,2,7-8,11H2,1H3,(H2,23,24,26). The zero-order valence-corrected chi connectivity index (χ0v) is 15.0. The molecule has 0 aliphatic heterocycles. The molecule has 4 N–H and O–H groups in total. The average molecular weight is 372 g/mol. The number of rotatable bonds is 6. The van der Waals surface area contributed by atoms with Crippen LogP contribution in [0.15, 0.2) is 47.6 Å². The van der Waals surface area contributed by atoms with Gasteiger partial charge in [-0.25, -0.2) is 13.8 Å². The number of aliphatic imine (C=N–C) groups is 1. The molecule has 1 aromatic heterocycles. The molecule has 0 aliphatic carbocycles. The van der Waals surface area contributed by atoms with E-state index < -0.39 is 5.82 Å². The molecule has 142 valence electrons. The minimum absolute atomic E-state index is 0.263. The number of halogens is 2. The maximum atomic E-state index is 13.4. The van der Waals surface area contributed by atoms with Crippen LogP contribution in [0.2, 0.25) is 0 Å². The summed E-state index contributed by atoms with van der Waals surface area (Å²) in [6.45, 7) is 3.59. The van der Waals surface area contributed by atoms with Gasteiger partial charge in [0.1, 0.15) is 5.82 Å². The third-order valence-corrected chi connectivity index (χ3v) is 4.19. The Bertz CT molecular complexity index is 952. The molecular formula is C20H22F2N4O. The number of aromatic hydroxyl groups is 1. The van der Waals surface area contributed by atoms with Crippen molar-refractivity contribution in [3.63, 3.8) is 0 Å². The van der Waals surface area contributed by atoms with E-state index in [0.29, 0.717) is 31.2 Å². The number of phenols is 1. The first-order valence-electron chi connectivity index (χ1n) is 8.82. The van der Waals surface area contributed by atoms with Crippen LogP contribution < -0.4 is 10.6 Å². The van der Waals surface area contributed by atoms with Crippen LogP contribution in [0.25, 0.3) is 10.9 Å².